The Labute approximate surface area is 228 Å². The summed E-state index contributed by atoms with van der Waals surface area (Å²) in [5.41, 5.74) is -2.96. The van der Waals surface area contributed by atoms with E-state index in [2.05, 4.69) is 10.3 Å². The summed E-state index contributed by atoms with van der Waals surface area (Å²) in [6, 6.07) is 4.60. The van der Waals surface area contributed by atoms with Gasteiger partial charge in [-0.05, 0) is 30.2 Å². The Hall–Kier alpha value is -2.69. The molecule has 0 spiro atoms. The number of hydrogen-bond acceptors (Lipinski definition) is 8. The van der Waals surface area contributed by atoms with Gasteiger partial charge in [-0.2, -0.15) is 13.2 Å². The van der Waals surface area contributed by atoms with Gasteiger partial charge in [0.25, 0.3) is 0 Å². The highest BCUT2D eigenvalue weighted by Crippen LogP contribution is 2.46. The largest absolute Gasteiger partial charge is 0.416 e. The second-order valence-electron chi connectivity index (χ2n) is 9.15. The molecular formula is C25H25F6N3O5S. The van der Waals surface area contributed by atoms with Crippen molar-refractivity contribution in [1.29, 1.82) is 0 Å². The van der Waals surface area contributed by atoms with E-state index in [9.17, 15) is 46.8 Å². The summed E-state index contributed by atoms with van der Waals surface area (Å²) < 4.78 is 88.7. The number of nitrogens with zero attached hydrogens (tertiary/aromatic N) is 3. The Balaban J connectivity index is 1.68. The molecule has 1 aliphatic heterocycles. The Morgan fingerprint density at radius 1 is 1.07 bits per heavy atom. The monoisotopic (exact) mass is 593 g/mol. The molecular weight excluding hydrogens is 568 g/mol. The molecule has 15 heteroatoms. The van der Waals surface area contributed by atoms with E-state index in [-0.39, 0.29) is 23.2 Å². The van der Waals surface area contributed by atoms with E-state index < -0.39 is 76.9 Å². The van der Waals surface area contributed by atoms with Crippen LogP contribution < -0.4 is 0 Å². The number of benzene rings is 2. The van der Waals surface area contributed by atoms with Crippen molar-refractivity contribution in [2.75, 3.05) is 6.61 Å². The summed E-state index contributed by atoms with van der Waals surface area (Å²) >= 11 is 0.671. The molecule has 0 radical (unpaired) electrons. The molecule has 3 aromatic rings. The van der Waals surface area contributed by atoms with Crippen molar-refractivity contribution in [3.8, 4) is 11.3 Å². The smallest absolute Gasteiger partial charge is 0.394 e. The molecule has 1 fully saturated rings. The Morgan fingerprint density at radius 2 is 1.73 bits per heavy atom. The highest BCUT2D eigenvalue weighted by atomic mass is 32.2. The molecule has 0 unspecified atom stereocenters. The first-order valence-electron chi connectivity index (χ1n) is 12.1. The zero-order chi connectivity index (χ0) is 29.4. The summed E-state index contributed by atoms with van der Waals surface area (Å²) in [7, 11) is 0. The van der Waals surface area contributed by atoms with Crippen molar-refractivity contribution in [2.24, 2.45) is 0 Å². The molecule has 40 heavy (non-hydrogen) atoms. The fourth-order valence-corrected chi connectivity index (χ4v) is 6.03. The van der Waals surface area contributed by atoms with E-state index in [0.717, 1.165) is 16.9 Å². The molecule has 2 heterocycles. The number of aromatic nitrogens is 3. The van der Waals surface area contributed by atoms with E-state index in [1.165, 1.54) is 18.2 Å². The zero-order valence-electron chi connectivity index (χ0n) is 20.7. The first-order chi connectivity index (χ1) is 18.9. The quantitative estimate of drug-likeness (QED) is 0.231. The van der Waals surface area contributed by atoms with Gasteiger partial charge in [0.2, 0.25) is 0 Å². The number of thioether (sulfide) groups is 1. The van der Waals surface area contributed by atoms with Crippen LogP contribution in [0.1, 0.15) is 35.8 Å². The number of rotatable bonds is 8. The number of aliphatic hydroxyl groups excluding tert-OH is 4. The van der Waals surface area contributed by atoms with E-state index in [1.54, 1.807) is 6.92 Å². The lowest BCUT2D eigenvalue weighted by molar-refractivity contribution is -0.178. The Bertz CT molecular complexity index is 1310. The first kappa shape index (κ1) is 30.3. The Morgan fingerprint density at radius 3 is 2.33 bits per heavy atom. The minimum absolute atomic E-state index is 0.0549. The highest BCUT2D eigenvalue weighted by molar-refractivity contribution is 8.00. The average molecular weight is 594 g/mol. The van der Waals surface area contributed by atoms with Gasteiger partial charge in [0.1, 0.15) is 35.5 Å². The summed E-state index contributed by atoms with van der Waals surface area (Å²) in [6.07, 6.45) is -9.49. The van der Waals surface area contributed by atoms with E-state index in [0.29, 0.717) is 23.9 Å². The van der Waals surface area contributed by atoms with Crippen LogP contribution in [-0.4, -0.2) is 71.9 Å². The highest BCUT2D eigenvalue weighted by Gasteiger charge is 2.48. The molecule has 2 aromatic carbocycles. The van der Waals surface area contributed by atoms with Gasteiger partial charge in [0.15, 0.2) is 17.5 Å². The minimum Gasteiger partial charge on any atom is -0.394 e. The summed E-state index contributed by atoms with van der Waals surface area (Å²) in [6.45, 7) is 0.811. The van der Waals surface area contributed by atoms with Crippen molar-refractivity contribution < 1.29 is 51.5 Å². The summed E-state index contributed by atoms with van der Waals surface area (Å²) in [5, 5.41) is 48.9. The molecule has 4 rings (SSSR count). The van der Waals surface area contributed by atoms with Crippen LogP contribution in [0.5, 0.6) is 0 Å². The van der Waals surface area contributed by atoms with Gasteiger partial charge >= 0.3 is 6.18 Å². The van der Waals surface area contributed by atoms with Crippen molar-refractivity contribution in [3.05, 3.63) is 71.2 Å². The third-order valence-corrected chi connectivity index (χ3v) is 8.08. The normalized spacial score (nSPS) is 25.1. The third kappa shape index (κ3) is 5.99. The lowest BCUT2D eigenvalue weighted by Gasteiger charge is -2.43. The second-order valence-corrected chi connectivity index (χ2v) is 10.4. The molecule has 1 aliphatic rings. The molecule has 1 aromatic heterocycles. The minimum atomic E-state index is -4.74. The molecule has 4 N–H and O–H groups in total. The van der Waals surface area contributed by atoms with E-state index >= 15 is 0 Å². The van der Waals surface area contributed by atoms with Crippen LogP contribution in [0.15, 0.2) is 42.6 Å². The summed E-state index contributed by atoms with van der Waals surface area (Å²) in [5.74, 6) is -4.65. The lowest BCUT2D eigenvalue weighted by Crippen LogP contribution is -2.55. The topological polar surface area (TPSA) is 121 Å². The molecule has 218 valence electrons. The second kappa shape index (κ2) is 12.0. The number of ether oxygens (including phenoxy) is 1. The predicted octanol–water partition coefficient (Wildman–Crippen LogP) is 3.61. The van der Waals surface area contributed by atoms with Gasteiger partial charge in [0.05, 0.1) is 29.7 Å². The first-order valence-corrected chi connectivity index (χ1v) is 13.0. The van der Waals surface area contributed by atoms with E-state index in [4.69, 9.17) is 4.74 Å². The van der Waals surface area contributed by atoms with Gasteiger partial charge in [-0.3, -0.25) is 0 Å². The van der Waals surface area contributed by atoms with Crippen molar-refractivity contribution >= 4 is 11.8 Å². The Kier molecular flexibility index (Phi) is 9.11. The SMILES string of the molecule is CC[C@@H](O)[C@H](S[C@@H]1O[C@H](CO)[C@H](O)[C@H](n2cc(-c3cc(F)c(F)c(F)c3)nn2)[C@H]1O)c1ccccc1C(F)(F)F. The van der Waals surface area contributed by atoms with Gasteiger partial charge in [0, 0.05) is 5.56 Å². The fourth-order valence-electron chi connectivity index (χ4n) is 4.48. The van der Waals surface area contributed by atoms with Gasteiger partial charge in [-0.15, -0.1) is 16.9 Å². The van der Waals surface area contributed by atoms with Crippen LogP contribution in [0.25, 0.3) is 11.3 Å². The molecule has 0 bridgehead atoms. The maximum atomic E-state index is 13.8. The van der Waals surface area contributed by atoms with Crippen molar-refractivity contribution in [3.63, 3.8) is 0 Å². The third-order valence-electron chi connectivity index (χ3n) is 6.56. The van der Waals surface area contributed by atoms with Gasteiger partial charge in [-0.25, -0.2) is 17.9 Å². The molecule has 8 nitrogen and oxygen atoms in total. The molecule has 0 aliphatic carbocycles. The molecule has 0 saturated carbocycles. The van der Waals surface area contributed by atoms with E-state index in [1.807, 2.05) is 0 Å². The van der Waals surface area contributed by atoms with Crippen LogP contribution in [0, 0.1) is 17.5 Å². The molecule has 1 saturated heterocycles. The van der Waals surface area contributed by atoms with Crippen molar-refractivity contribution in [2.45, 2.75) is 60.7 Å². The number of halogens is 6. The van der Waals surface area contributed by atoms with Crippen LogP contribution in [-0.2, 0) is 10.9 Å². The fraction of sp³-hybridized carbons (Fsp3) is 0.440. The van der Waals surface area contributed by atoms with Gasteiger partial charge in [-0.1, -0.05) is 30.3 Å². The maximum absolute atomic E-state index is 13.8. The molecule has 7 atom stereocenters. The van der Waals surface area contributed by atoms with Gasteiger partial charge < -0.3 is 25.2 Å². The predicted molar refractivity (Wildman–Crippen MR) is 130 cm³/mol. The van der Waals surface area contributed by atoms with Crippen LogP contribution in [0.3, 0.4) is 0 Å². The zero-order valence-corrected chi connectivity index (χ0v) is 21.5. The number of aliphatic hydroxyl groups is 4. The average Bonchev–Trinajstić information content (AvgIpc) is 3.40. The van der Waals surface area contributed by atoms with Crippen LogP contribution in [0.2, 0.25) is 0 Å². The lowest BCUT2D eigenvalue weighted by atomic mass is 9.97. The number of alkyl halides is 3. The van der Waals surface area contributed by atoms with Crippen molar-refractivity contribution in [1.82, 2.24) is 15.0 Å². The summed E-state index contributed by atoms with van der Waals surface area (Å²) in [4.78, 5) is 0. The standard InChI is InChI=1S/C25H25F6N3O5S/c1-2-17(36)23(12-5-3-4-6-13(12)25(29,30)31)40-24-22(38)20(21(37)18(10-35)39-24)34-9-16(32-33-34)11-7-14(26)19(28)15(27)8-11/h3-9,17-18,20-24,35-38H,2,10H2,1H3/t17-,18-,20+,21+,22-,23-,24+/m1/s1. The maximum Gasteiger partial charge on any atom is 0.416 e. The van der Waals surface area contributed by atoms with Crippen LogP contribution in [0.4, 0.5) is 26.3 Å². The number of hydrogen-bond donors (Lipinski definition) is 4. The van der Waals surface area contributed by atoms with Crippen LogP contribution >= 0.6 is 11.8 Å². The molecule has 0 amide bonds.